The van der Waals surface area contributed by atoms with E-state index in [4.69, 9.17) is 38.6 Å². The molecule has 7 aromatic carbocycles. The van der Waals surface area contributed by atoms with Gasteiger partial charge in [0.25, 0.3) is 0 Å². The van der Waals surface area contributed by atoms with Gasteiger partial charge in [0.2, 0.25) is 0 Å². The quantitative estimate of drug-likeness (QED) is 0.153. The van der Waals surface area contributed by atoms with Crippen molar-refractivity contribution < 1.29 is 13.7 Å². The lowest BCUT2D eigenvalue weighted by Gasteiger charge is -2.16. The lowest BCUT2D eigenvalue weighted by molar-refractivity contribution is 1.07. The van der Waals surface area contributed by atoms with Crippen LogP contribution in [-0.4, -0.2) is 29.9 Å². The van der Waals surface area contributed by atoms with Gasteiger partial charge in [-0.3, -0.25) is 0 Å². The lowest BCUT2D eigenvalue weighted by atomic mass is 9.91. The monoisotopic (exact) mass is 727 g/mol. The van der Waals surface area contributed by atoms with E-state index >= 15 is 0 Å². The lowest BCUT2D eigenvalue weighted by Crippen LogP contribution is -2.02. The van der Waals surface area contributed by atoms with Gasteiger partial charge in [0.15, 0.2) is 34.9 Å². The van der Waals surface area contributed by atoms with Gasteiger partial charge in [0.05, 0.1) is 25.3 Å². The van der Waals surface area contributed by atoms with Crippen LogP contribution in [-0.2, 0) is 0 Å². The molecular formula is C49H31N7. The Bertz CT molecular complexity index is 3250. The minimum Gasteiger partial charge on any atom is -0.208 e. The molecular weight excluding hydrogens is 687 g/mol. The van der Waals surface area contributed by atoms with E-state index in [1.165, 1.54) is 0 Å². The minimum atomic E-state index is -0.653. The van der Waals surface area contributed by atoms with Crippen molar-refractivity contribution >= 4 is 0 Å². The van der Waals surface area contributed by atoms with Gasteiger partial charge in [-0.2, -0.15) is 5.26 Å². The number of benzene rings is 7. The number of nitrogens with zero attached hydrogens (tertiary/aromatic N) is 7. The summed E-state index contributed by atoms with van der Waals surface area (Å²) >= 11 is 0. The molecule has 0 aliphatic rings. The summed E-state index contributed by atoms with van der Waals surface area (Å²) in [6.07, 6.45) is 0. The molecule has 7 nitrogen and oxygen atoms in total. The highest BCUT2D eigenvalue weighted by Gasteiger charge is 2.20. The molecule has 7 heteroatoms. The molecule has 56 heavy (non-hydrogen) atoms. The second kappa shape index (κ2) is 15.2. The summed E-state index contributed by atoms with van der Waals surface area (Å²) < 4.78 is 85.2. The average molecular weight is 728 g/mol. The fraction of sp³-hybridized carbons (Fsp3) is 0. The van der Waals surface area contributed by atoms with E-state index in [1.807, 2.05) is 91.0 Å². The number of nitriles is 1. The fourth-order valence-corrected chi connectivity index (χ4v) is 6.20. The first kappa shape index (κ1) is 24.4. The summed E-state index contributed by atoms with van der Waals surface area (Å²) in [5.74, 6) is 0.422. The normalized spacial score (nSPS) is 13.3. The van der Waals surface area contributed by atoms with Gasteiger partial charge in [-0.1, -0.05) is 164 Å². The van der Waals surface area contributed by atoms with Gasteiger partial charge in [-0.15, -0.1) is 0 Å². The van der Waals surface area contributed by atoms with E-state index in [2.05, 4.69) is 11.1 Å². The number of hydrogen-bond donors (Lipinski definition) is 0. The second-order valence-corrected chi connectivity index (χ2v) is 12.3. The van der Waals surface area contributed by atoms with Crippen LogP contribution in [0.3, 0.4) is 0 Å². The Morgan fingerprint density at radius 2 is 0.768 bits per heavy atom. The van der Waals surface area contributed by atoms with Gasteiger partial charge in [0.1, 0.15) is 0 Å². The van der Waals surface area contributed by atoms with Crippen LogP contribution in [0, 0.1) is 11.3 Å². The SMILES string of the molecule is [2H]c1c([2H])c([2H])c(-c2nc(-c3ccc(-c4ccccc4-c4nc(-c5ccccc5)nc(-c5ccccc5)n4)cc3-c3cccc(C#N)c3)nc(-c3c([2H])c([2H])c([2H])c([2H])c3[2H])n2)c([2H])c1[2H]. The highest BCUT2D eigenvalue weighted by Crippen LogP contribution is 2.39. The summed E-state index contributed by atoms with van der Waals surface area (Å²) in [5, 5.41) is 10.00. The standard InChI is InChI=1S/C49H31N7/c50-32-33-16-15-25-38(30-33)43-31-39(28-29-42(43)49-55-46(36-21-9-3-10-22-36)52-47(56-49)37-23-11-4-12-24-37)40-26-13-14-27-41(40)48-53-44(34-17-5-1-6-18-34)51-45(54-48)35-19-7-2-8-20-35/h1-31H/i3D,4D,9D,10D,11D,12D,21D,22D,23D,24D. The van der Waals surface area contributed by atoms with E-state index in [0.29, 0.717) is 50.9 Å². The molecule has 2 aromatic heterocycles. The summed E-state index contributed by atoms with van der Waals surface area (Å²) in [6, 6.07) is 34.7. The molecule has 0 N–H and O–H groups in total. The first-order valence-corrected chi connectivity index (χ1v) is 17.4. The van der Waals surface area contributed by atoms with Gasteiger partial charge < -0.3 is 0 Å². The molecule has 0 amide bonds. The van der Waals surface area contributed by atoms with E-state index in [-0.39, 0.29) is 17.0 Å². The van der Waals surface area contributed by atoms with Crippen LogP contribution in [0.25, 0.3) is 90.6 Å². The Hall–Kier alpha value is -7.95. The summed E-state index contributed by atoms with van der Waals surface area (Å²) in [7, 11) is 0. The predicted molar refractivity (Wildman–Crippen MR) is 221 cm³/mol. The molecule has 0 spiro atoms. The van der Waals surface area contributed by atoms with E-state index in [1.54, 1.807) is 36.4 Å². The Balaban J connectivity index is 1.31. The molecule has 0 atom stereocenters. The first-order valence-electron chi connectivity index (χ1n) is 22.4. The van der Waals surface area contributed by atoms with Crippen molar-refractivity contribution in [1.29, 1.82) is 5.26 Å². The van der Waals surface area contributed by atoms with Crippen LogP contribution in [0.2, 0.25) is 0 Å². The average Bonchev–Trinajstić information content (AvgIpc) is 3.36. The molecule has 0 radical (unpaired) electrons. The molecule has 9 aromatic rings. The number of hydrogen-bond acceptors (Lipinski definition) is 7. The van der Waals surface area contributed by atoms with Crippen LogP contribution in [0.1, 0.15) is 19.3 Å². The maximum atomic E-state index is 10.00. The maximum Gasteiger partial charge on any atom is 0.164 e. The Morgan fingerprint density at radius 1 is 0.339 bits per heavy atom. The van der Waals surface area contributed by atoms with Crippen molar-refractivity contribution in [3.05, 3.63) is 193 Å². The predicted octanol–water partition coefficient (Wildman–Crippen LogP) is 11.3. The third-order valence-corrected chi connectivity index (χ3v) is 8.82. The van der Waals surface area contributed by atoms with Crippen LogP contribution < -0.4 is 0 Å². The van der Waals surface area contributed by atoms with Crippen molar-refractivity contribution in [2.24, 2.45) is 0 Å². The zero-order valence-corrected chi connectivity index (χ0v) is 29.3. The van der Waals surface area contributed by atoms with Crippen LogP contribution >= 0.6 is 0 Å². The van der Waals surface area contributed by atoms with Crippen molar-refractivity contribution in [3.63, 3.8) is 0 Å². The Morgan fingerprint density at radius 3 is 1.30 bits per heavy atom. The highest BCUT2D eigenvalue weighted by atomic mass is 15.0. The molecule has 0 aliphatic heterocycles. The van der Waals surface area contributed by atoms with Gasteiger partial charge in [-0.25, -0.2) is 29.9 Å². The third kappa shape index (κ3) is 6.94. The maximum absolute atomic E-state index is 10.00. The molecule has 0 saturated heterocycles. The molecule has 2 heterocycles. The molecule has 0 aliphatic carbocycles. The Kier molecular flexibility index (Phi) is 6.61. The second-order valence-electron chi connectivity index (χ2n) is 12.3. The fourth-order valence-electron chi connectivity index (χ4n) is 6.20. The summed E-state index contributed by atoms with van der Waals surface area (Å²) in [4.78, 5) is 28.6. The van der Waals surface area contributed by atoms with Crippen LogP contribution in [0.5, 0.6) is 0 Å². The molecule has 0 bridgehead atoms. The largest absolute Gasteiger partial charge is 0.208 e. The molecule has 0 unspecified atom stereocenters. The minimum absolute atomic E-state index is 0.122. The van der Waals surface area contributed by atoms with Crippen LogP contribution in [0.4, 0.5) is 0 Å². The zero-order chi connectivity index (χ0) is 46.4. The van der Waals surface area contributed by atoms with Crippen molar-refractivity contribution in [2.75, 3.05) is 0 Å². The van der Waals surface area contributed by atoms with E-state index in [0.717, 1.165) is 16.7 Å². The van der Waals surface area contributed by atoms with E-state index < -0.39 is 72.1 Å². The van der Waals surface area contributed by atoms with Crippen molar-refractivity contribution in [3.8, 4) is 96.7 Å². The van der Waals surface area contributed by atoms with Crippen LogP contribution in [0.15, 0.2) is 188 Å². The highest BCUT2D eigenvalue weighted by molar-refractivity contribution is 5.89. The van der Waals surface area contributed by atoms with Crippen molar-refractivity contribution in [1.82, 2.24) is 29.9 Å². The molecule has 262 valence electrons. The van der Waals surface area contributed by atoms with Crippen molar-refractivity contribution in [2.45, 2.75) is 0 Å². The molecule has 0 fully saturated rings. The number of rotatable bonds is 8. The summed E-state index contributed by atoms with van der Waals surface area (Å²) in [6.45, 7) is 0. The topological polar surface area (TPSA) is 101 Å². The molecule has 0 saturated carbocycles. The first-order chi connectivity index (χ1) is 31.8. The Labute approximate surface area is 338 Å². The van der Waals surface area contributed by atoms with E-state index in [9.17, 15) is 5.26 Å². The van der Waals surface area contributed by atoms with Gasteiger partial charge >= 0.3 is 0 Å². The smallest absolute Gasteiger partial charge is 0.164 e. The van der Waals surface area contributed by atoms with Gasteiger partial charge in [0, 0.05) is 33.4 Å². The van der Waals surface area contributed by atoms with Gasteiger partial charge in [-0.05, 0) is 46.5 Å². The zero-order valence-electron chi connectivity index (χ0n) is 39.3. The number of aromatic nitrogens is 6. The third-order valence-electron chi connectivity index (χ3n) is 8.82. The molecule has 9 rings (SSSR count). The summed E-state index contributed by atoms with van der Waals surface area (Å²) in [5.41, 5.74) is 4.57.